The number of anilines is 1. The minimum Gasteiger partial charge on any atom is -0.455 e. The van der Waals surface area contributed by atoms with Crippen LogP contribution in [0.25, 0.3) is 0 Å². The zero-order chi connectivity index (χ0) is 16.7. The van der Waals surface area contributed by atoms with Crippen LogP contribution >= 0.6 is 0 Å². The van der Waals surface area contributed by atoms with Gasteiger partial charge in [-0.1, -0.05) is 39.8 Å². The zero-order valence-electron chi connectivity index (χ0n) is 14.0. The topological polar surface area (TPSA) is 53.7 Å². The van der Waals surface area contributed by atoms with E-state index in [2.05, 4.69) is 27.7 Å². The predicted molar refractivity (Wildman–Crippen MR) is 92.9 cm³/mol. The molecule has 2 aromatic rings. The molecule has 0 spiro atoms. The quantitative estimate of drug-likeness (QED) is 0.368. The van der Waals surface area contributed by atoms with Crippen LogP contribution in [0.2, 0.25) is 10.6 Å². The van der Waals surface area contributed by atoms with Crippen molar-refractivity contribution in [2.24, 2.45) is 0 Å². The van der Waals surface area contributed by atoms with Crippen LogP contribution < -0.4 is 15.4 Å². The monoisotopic (exact) mass is 311 g/mol. The van der Waals surface area contributed by atoms with Crippen LogP contribution in [-0.4, -0.2) is 6.92 Å². The van der Waals surface area contributed by atoms with Gasteiger partial charge in [0.1, 0.15) is 11.5 Å². The van der Waals surface area contributed by atoms with E-state index in [-0.39, 0.29) is 17.5 Å². The summed E-state index contributed by atoms with van der Waals surface area (Å²) >= 11 is 0. The standard InChI is InChI=1S/C18H22BNO3/c1-17(2)18(3,4)19(17)23-22-14-11-9-13(10-12-14)21-16-8-6-5-7-15(16)20/h5-12H,20H2,1-4H3. The minimum atomic E-state index is 0.0926. The normalized spacial score (nSPS) is 17.7. The van der Waals surface area contributed by atoms with Crippen molar-refractivity contribution in [3.63, 3.8) is 0 Å². The molecule has 2 aromatic carbocycles. The SMILES string of the molecule is CC1(C)B(OOc2ccc(Oc3ccccc3N)cc2)C1(C)C. The number of ether oxygens (including phenoxy) is 1. The third kappa shape index (κ3) is 2.89. The van der Waals surface area contributed by atoms with E-state index in [1.54, 1.807) is 6.07 Å². The Morgan fingerprint density at radius 1 is 0.826 bits per heavy atom. The van der Waals surface area contributed by atoms with E-state index < -0.39 is 0 Å². The molecule has 0 aromatic heterocycles. The number of benzene rings is 2. The van der Waals surface area contributed by atoms with Gasteiger partial charge in [-0.05, 0) is 47.0 Å². The molecule has 3 rings (SSSR count). The van der Waals surface area contributed by atoms with Crippen LogP contribution in [0.5, 0.6) is 17.2 Å². The summed E-state index contributed by atoms with van der Waals surface area (Å²) in [5.41, 5.74) is 6.47. The van der Waals surface area contributed by atoms with Crippen molar-refractivity contribution in [3.05, 3.63) is 48.5 Å². The Balaban J connectivity index is 1.59. The fourth-order valence-electron chi connectivity index (χ4n) is 2.74. The first kappa shape index (κ1) is 15.7. The average molecular weight is 311 g/mol. The first-order valence-electron chi connectivity index (χ1n) is 7.78. The number of hydrogen-bond donors (Lipinski definition) is 1. The smallest absolute Gasteiger partial charge is 0.367 e. The van der Waals surface area contributed by atoms with Crippen molar-refractivity contribution < 1.29 is 14.4 Å². The van der Waals surface area contributed by atoms with Gasteiger partial charge in [-0.2, -0.15) is 0 Å². The molecule has 0 amide bonds. The molecule has 2 N–H and O–H groups in total. The highest BCUT2D eigenvalue weighted by Crippen LogP contribution is 2.73. The van der Waals surface area contributed by atoms with E-state index in [4.69, 9.17) is 20.2 Å². The molecule has 0 atom stereocenters. The third-order valence-electron chi connectivity index (χ3n) is 5.10. The predicted octanol–water partition coefficient (Wildman–Crippen LogP) is 4.94. The van der Waals surface area contributed by atoms with Gasteiger partial charge in [0.05, 0.1) is 5.69 Å². The average Bonchev–Trinajstić information content (AvgIpc) is 2.90. The van der Waals surface area contributed by atoms with Gasteiger partial charge in [0.25, 0.3) is 0 Å². The van der Waals surface area contributed by atoms with Crippen molar-refractivity contribution in [2.75, 3.05) is 5.73 Å². The maximum absolute atomic E-state index is 5.87. The highest BCUT2D eigenvalue weighted by molar-refractivity contribution is 6.72. The summed E-state index contributed by atoms with van der Waals surface area (Å²) in [5, 5.41) is 0.252. The second kappa shape index (κ2) is 5.50. The Bertz CT molecular complexity index is 684. The Hall–Kier alpha value is -2.14. The molecule has 4 nitrogen and oxygen atoms in total. The summed E-state index contributed by atoms with van der Waals surface area (Å²) in [6.07, 6.45) is 0. The van der Waals surface area contributed by atoms with Gasteiger partial charge in [0.15, 0.2) is 5.75 Å². The molecule has 0 radical (unpaired) electrons. The lowest BCUT2D eigenvalue weighted by molar-refractivity contribution is -0.103. The number of nitrogen functional groups attached to an aromatic ring is 1. The van der Waals surface area contributed by atoms with E-state index in [1.807, 2.05) is 42.5 Å². The Morgan fingerprint density at radius 3 is 1.96 bits per heavy atom. The molecule has 0 saturated carbocycles. The number of nitrogens with two attached hydrogens (primary N) is 1. The van der Waals surface area contributed by atoms with Crippen molar-refractivity contribution in [1.82, 2.24) is 0 Å². The molecule has 0 unspecified atom stereocenters. The Kier molecular flexibility index (Phi) is 3.76. The van der Waals surface area contributed by atoms with Crippen LogP contribution in [0.3, 0.4) is 0 Å². The lowest BCUT2D eigenvalue weighted by Crippen LogP contribution is -2.09. The third-order valence-corrected chi connectivity index (χ3v) is 5.10. The molecule has 1 fully saturated rings. The minimum absolute atomic E-state index is 0.0926. The largest absolute Gasteiger partial charge is 0.455 e. The second-order valence-corrected chi connectivity index (χ2v) is 7.11. The van der Waals surface area contributed by atoms with Crippen molar-refractivity contribution in [2.45, 2.75) is 38.3 Å². The number of hydrogen-bond acceptors (Lipinski definition) is 4. The highest BCUT2D eigenvalue weighted by atomic mass is 17.2. The summed E-state index contributed by atoms with van der Waals surface area (Å²) in [4.78, 5) is 11.0. The van der Waals surface area contributed by atoms with Crippen LogP contribution in [0.1, 0.15) is 27.7 Å². The molecule has 1 aliphatic rings. The summed E-state index contributed by atoms with van der Waals surface area (Å²) in [5.74, 6) is 1.98. The lowest BCUT2D eigenvalue weighted by atomic mass is 9.79. The molecular formula is C18H22BNO3. The fraction of sp³-hybridized carbons (Fsp3) is 0.333. The van der Waals surface area contributed by atoms with E-state index >= 15 is 0 Å². The Labute approximate surface area is 137 Å². The molecule has 120 valence electrons. The molecule has 5 heteroatoms. The van der Waals surface area contributed by atoms with E-state index in [1.165, 1.54) is 0 Å². The van der Waals surface area contributed by atoms with Crippen molar-refractivity contribution in [3.8, 4) is 17.2 Å². The maximum atomic E-state index is 5.87. The number of para-hydroxylation sites is 2. The second-order valence-electron chi connectivity index (χ2n) is 7.11. The van der Waals surface area contributed by atoms with Gasteiger partial charge in [-0.15, -0.1) is 0 Å². The first-order valence-corrected chi connectivity index (χ1v) is 7.78. The van der Waals surface area contributed by atoms with Gasteiger partial charge in [-0.3, -0.25) is 4.81 Å². The molecule has 1 saturated heterocycles. The molecule has 0 aliphatic carbocycles. The molecule has 1 heterocycles. The van der Waals surface area contributed by atoms with Crippen LogP contribution in [0.4, 0.5) is 5.69 Å². The van der Waals surface area contributed by atoms with Gasteiger partial charge >= 0.3 is 6.92 Å². The van der Waals surface area contributed by atoms with Gasteiger partial charge in [-0.25, -0.2) is 0 Å². The highest BCUT2D eigenvalue weighted by Gasteiger charge is 2.72. The summed E-state index contributed by atoms with van der Waals surface area (Å²) in [7, 11) is 0. The van der Waals surface area contributed by atoms with Crippen molar-refractivity contribution >= 4 is 12.6 Å². The van der Waals surface area contributed by atoms with Gasteiger partial charge < -0.3 is 15.4 Å². The van der Waals surface area contributed by atoms with E-state index in [9.17, 15) is 0 Å². The summed E-state index contributed by atoms with van der Waals surface area (Å²) in [6.45, 7) is 8.82. The fourth-order valence-corrected chi connectivity index (χ4v) is 2.74. The molecule has 0 bridgehead atoms. The van der Waals surface area contributed by atoms with Gasteiger partial charge in [0.2, 0.25) is 0 Å². The zero-order valence-corrected chi connectivity index (χ0v) is 14.0. The van der Waals surface area contributed by atoms with Crippen LogP contribution in [0, 0.1) is 0 Å². The van der Waals surface area contributed by atoms with E-state index in [0.29, 0.717) is 22.9 Å². The molecule has 1 aliphatic heterocycles. The van der Waals surface area contributed by atoms with E-state index in [0.717, 1.165) is 0 Å². The summed E-state index contributed by atoms with van der Waals surface area (Å²) < 4.78 is 5.75. The summed E-state index contributed by atoms with van der Waals surface area (Å²) in [6, 6.07) is 14.7. The first-order chi connectivity index (χ1) is 10.8. The van der Waals surface area contributed by atoms with Crippen molar-refractivity contribution in [1.29, 1.82) is 0 Å². The molecule has 23 heavy (non-hydrogen) atoms. The lowest BCUT2D eigenvalue weighted by Gasteiger charge is -2.09. The van der Waals surface area contributed by atoms with Crippen LogP contribution in [0.15, 0.2) is 48.5 Å². The number of rotatable bonds is 5. The van der Waals surface area contributed by atoms with Crippen LogP contribution in [-0.2, 0) is 4.81 Å². The van der Waals surface area contributed by atoms with Gasteiger partial charge in [0, 0.05) is 0 Å². The Morgan fingerprint density at radius 2 is 1.39 bits per heavy atom. The maximum Gasteiger partial charge on any atom is 0.367 e. The molecular weight excluding hydrogens is 289 g/mol.